The lowest BCUT2D eigenvalue weighted by molar-refractivity contribution is -0.140. The van der Waals surface area contributed by atoms with Gasteiger partial charge in [0, 0.05) is 5.75 Å². The number of hydrogen-bond acceptors (Lipinski definition) is 4. The molecule has 0 aliphatic carbocycles. The molecule has 0 radical (unpaired) electrons. The van der Waals surface area contributed by atoms with E-state index in [-0.39, 0.29) is 17.6 Å². The summed E-state index contributed by atoms with van der Waals surface area (Å²) in [5.74, 6) is 0.392. The van der Waals surface area contributed by atoms with Crippen molar-refractivity contribution in [2.45, 2.75) is 17.4 Å². The molecular weight excluding hydrogens is 222 g/mol. The van der Waals surface area contributed by atoms with Gasteiger partial charge in [-0.25, -0.2) is 0 Å². The molecule has 1 atom stereocenters. The van der Waals surface area contributed by atoms with Gasteiger partial charge in [0.1, 0.15) is 5.25 Å². The lowest BCUT2D eigenvalue weighted by Gasteiger charge is -2.07. The van der Waals surface area contributed by atoms with Gasteiger partial charge in [-0.15, -0.1) is 11.8 Å². The van der Waals surface area contributed by atoms with Gasteiger partial charge >= 0.3 is 5.97 Å². The monoisotopic (exact) mass is 235 g/mol. The molecular formula is C12H13NO2S. The summed E-state index contributed by atoms with van der Waals surface area (Å²) in [4.78, 5) is 11.0. The van der Waals surface area contributed by atoms with Gasteiger partial charge in [0.15, 0.2) is 0 Å². The fourth-order valence-corrected chi connectivity index (χ4v) is 2.06. The van der Waals surface area contributed by atoms with E-state index in [4.69, 9.17) is 5.26 Å². The number of nitrogens with zero attached hydrogens (tertiary/aromatic N) is 1. The third-order valence-corrected chi connectivity index (χ3v) is 3.19. The Labute approximate surface area is 99.4 Å². The first-order chi connectivity index (χ1) is 7.76. The molecule has 0 unspecified atom stereocenters. The van der Waals surface area contributed by atoms with Crippen molar-refractivity contribution in [3.05, 3.63) is 35.9 Å². The molecule has 1 aromatic carbocycles. The van der Waals surface area contributed by atoms with E-state index in [0.29, 0.717) is 0 Å². The van der Waals surface area contributed by atoms with Crippen LogP contribution in [0.1, 0.15) is 12.0 Å². The van der Waals surface area contributed by atoms with Gasteiger partial charge in [-0.3, -0.25) is 4.79 Å². The molecule has 3 nitrogen and oxygen atoms in total. The van der Waals surface area contributed by atoms with Crippen LogP contribution in [0.15, 0.2) is 30.3 Å². The van der Waals surface area contributed by atoms with Gasteiger partial charge in [0.25, 0.3) is 0 Å². The molecule has 4 heteroatoms. The van der Waals surface area contributed by atoms with Crippen molar-refractivity contribution in [2.24, 2.45) is 0 Å². The maximum Gasteiger partial charge on any atom is 0.307 e. The summed E-state index contributed by atoms with van der Waals surface area (Å²) in [7, 11) is 1.33. The third kappa shape index (κ3) is 4.37. The van der Waals surface area contributed by atoms with Crippen molar-refractivity contribution in [3.8, 4) is 6.07 Å². The van der Waals surface area contributed by atoms with Crippen LogP contribution in [0.2, 0.25) is 0 Å². The molecule has 84 valence electrons. The highest BCUT2D eigenvalue weighted by atomic mass is 32.2. The van der Waals surface area contributed by atoms with Crippen LogP contribution in [0.5, 0.6) is 0 Å². The van der Waals surface area contributed by atoms with Gasteiger partial charge in [0.2, 0.25) is 0 Å². The average Bonchev–Trinajstić information content (AvgIpc) is 2.35. The molecule has 0 N–H and O–H groups in total. The van der Waals surface area contributed by atoms with Crippen LogP contribution in [-0.4, -0.2) is 18.3 Å². The van der Waals surface area contributed by atoms with Crippen molar-refractivity contribution in [1.82, 2.24) is 0 Å². The number of rotatable bonds is 5. The van der Waals surface area contributed by atoms with Gasteiger partial charge in [-0.2, -0.15) is 5.26 Å². The smallest absolute Gasteiger partial charge is 0.307 e. The highest BCUT2D eigenvalue weighted by Gasteiger charge is 2.13. The normalized spacial score (nSPS) is 11.5. The Morgan fingerprint density at radius 3 is 2.75 bits per heavy atom. The van der Waals surface area contributed by atoms with E-state index in [9.17, 15) is 4.79 Å². The lowest BCUT2D eigenvalue weighted by Crippen LogP contribution is -2.10. The number of thioether (sulfide) groups is 1. The minimum atomic E-state index is -0.341. The molecule has 0 aliphatic heterocycles. The van der Waals surface area contributed by atoms with E-state index >= 15 is 0 Å². The van der Waals surface area contributed by atoms with Gasteiger partial charge in [-0.1, -0.05) is 30.3 Å². The quantitative estimate of drug-likeness (QED) is 0.735. The van der Waals surface area contributed by atoms with E-state index in [1.54, 1.807) is 0 Å². The number of carbonyl (C=O) groups is 1. The van der Waals surface area contributed by atoms with Crippen LogP contribution >= 0.6 is 11.8 Å². The third-order valence-electron chi connectivity index (χ3n) is 2.02. The maximum absolute atomic E-state index is 11.0. The predicted molar refractivity (Wildman–Crippen MR) is 63.8 cm³/mol. The number of benzene rings is 1. The number of carbonyl (C=O) groups excluding carboxylic acids is 1. The van der Waals surface area contributed by atoms with Crippen LogP contribution in [-0.2, 0) is 15.3 Å². The molecule has 1 rings (SSSR count). The van der Waals surface area contributed by atoms with E-state index < -0.39 is 0 Å². The minimum absolute atomic E-state index is 0.143. The molecule has 0 amide bonds. The summed E-state index contributed by atoms with van der Waals surface area (Å²) < 4.78 is 4.53. The zero-order valence-corrected chi connectivity index (χ0v) is 9.87. The summed E-state index contributed by atoms with van der Waals surface area (Å²) in [5.41, 5.74) is 1.15. The number of hydrogen-bond donors (Lipinski definition) is 0. The molecule has 0 fully saturated rings. The SMILES string of the molecule is COC(=O)C[C@H](C#N)SCc1ccccc1. The van der Waals surface area contributed by atoms with E-state index in [1.165, 1.54) is 18.9 Å². The molecule has 16 heavy (non-hydrogen) atoms. The number of esters is 1. The summed E-state index contributed by atoms with van der Waals surface area (Å²) in [6.07, 6.45) is 0.143. The largest absolute Gasteiger partial charge is 0.469 e. The van der Waals surface area contributed by atoms with E-state index in [1.807, 2.05) is 30.3 Å². The van der Waals surface area contributed by atoms with Crippen molar-refractivity contribution in [1.29, 1.82) is 5.26 Å². The first kappa shape index (κ1) is 12.6. The Balaban J connectivity index is 2.41. The Bertz CT molecular complexity index is 372. The highest BCUT2D eigenvalue weighted by Crippen LogP contribution is 2.19. The Morgan fingerprint density at radius 2 is 2.19 bits per heavy atom. The molecule has 0 saturated carbocycles. The molecule has 0 saturated heterocycles. The standard InChI is InChI=1S/C12H13NO2S/c1-15-12(14)7-11(8-13)16-9-10-5-3-2-4-6-10/h2-6,11H,7,9H2,1H3/t11-/m1/s1. The Kier molecular flexibility index (Phi) is 5.44. The van der Waals surface area contributed by atoms with Crippen LogP contribution < -0.4 is 0 Å². The first-order valence-electron chi connectivity index (χ1n) is 4.88. The first-order valence-corrected chi connectivity index (χ1v) is 5.93. The zero-order valence-electron chi connectivity index (χ0n) is 9.05. The molecule has 0 heterocycles. The second kappa shape index (κ2) is 6.91. The lowest BCUT2D eigenvalue weighted by atomic mass is 10.2. The molecule has 0 spiro atoms. The van der Waals surface area contributed by atoms with Crippen molar-refractivity contribution < 1.29 is 9.53 Å². The summed E-state index contributed by atoms with van der Waals surface area (Å²) >= 11 is 1.46. The number of ether oxygens (including phenoxy) is 1. The highest BCUT2D eigenvalue weighted by molar-refractivity contribution is 7.99. The second-order valence-electron chi connectivity index (χ2n) is 3.19. The molecule has 0 aliphatic rings. The number of nitriles is 1. The van der Waals surface area contributed by atoms with Crippen molar-refractivity contribution in [2.75, 3.05) is 7.11 Å². The fourth-order valence-electron chi connectivity index (χ4n) is 1.15. The molecule has 0 bridgehead atoms. The van der Waals surface area contributed by atoms with Crippen LogP contribution in [0.3, 0.4) is 0 Å². The molecule has 0 aromatic heterocycles. The van der Waals surface area contributed by atoms with Crippen molar-refractivity contribution in [3.63, 3.8) is 0 Å². The molecule has 1 aromatic rings. The fraction of sp³-hybridized carbons (Fsp3) is 0.333. The van der Waals surface area contributed by atoms with Crippen LogP contribution in [0, 0.1) is 11.3 Å². The van der Waals surface area contributed by atoms with Gasteiger partial charge in [-0.05, 0) is 5.56 Å². The average molecular weight is 235 g/mol. The van der Waals surface area contributed by atoms with Gasteiger partial charge < -0.3 is 4.74 Å². The van der Waals surface area contributed by atoms with E-state index in [0.717, 1.165) is 11.3 Å². The zero-order chi connectivity index (χ0) is 11.8. The summed E-state index contributed by atoms with van der Waals surface area (Å²) in [5, 5.41) is 8.53. The topological polar surface area (TPSA) is 50.1 Å². The Morgan fingerprint density at radius 1 is 1.50 bits per heavy atom. The summed E-state index contributed by atoms with van der Waals surface area (Å²) in [6, 6.07) is 12.0. The van der Waals surface area contributed by atoms with Gasteiger partial charge in [0.05, 0.1) is 19.6 Å². The predicted octanol–water partition coefficient (Wildman–Crippen LogP) is 2.38. The maximum atomic E-state index is 11.0. The second-order valence-corrected chi connectivity index (χ2v) is 4.39. The van der Waals surface area contributed by atoms with Crippen LogP contribution in [0.4, 0.5) is 0 Å². The van der Waals surface area contributed by atoms with Crippen LogP contribution in [0.25, 0.3) is 0 Å². The number of methoxy groups -OCH3 is 1. The minimum Gasteiger partial charge on any atom is -0.469 e. The van der Waals surface area contributed by atoms with Crippen molar-refractivity contribution >= 4 is 17.7 Å². The summed E-state index contributed by atoms with van der Waals surface area (Å²) in [6.45, 7) is 0. The van der Waals surface area contributed by atoms with E-state index in [2.05, 4.69) is 10.8 Å². The Hall–Kier alpha value is -1.47.